The lowest BCUT2D eigenvalue weighted by atomic mass is 10.3. The van der Waals surface area contributed by atoms with Crippen molar-refractivity contribution in [2.45, 2.75) is 0 Å². The van der Waals surface area contributed by atoms with Crippen LogP contribution in [-0.2, 0) is 0 Å². The van der Waals surface area contributed by atoms with E-state index in [0.717, 1.165) is 5.56 Å². The highest BCUT2D eigenvalue weighted by Gasteiger charge is 2.12. The summed E-state index contributed by atoms with van der Waals surface area (Å²) in [6.45, 7) is 0. The van der Waals surface area contributed by atoms with E-state index >= 15 is 0 Å². The zero-order valence-electron chi connectivity index (χ0n) is 5.74. The van der Waals surface area contributed by atoms with E-state index in [1.807, 2.05) is 0 Å². The maximum absolute atomic E-state index is 5.61. The molecule has 2 rings (SSSR count). The maximum Gasteiger partial charge on any atom is 0.181 e. The summed E-state index contributed by atoms with van der Waals surface area (Å²) in [5, 5.41) is 0. The maximum atomic E-state index is 5.61. The minimum Gasteiger partial charge on any atom is -0.445 e. The molecule has 0 aromatic heterocycles. The number of hydrogen-bond acceptors (Lipinski definition) is 4. The van der Waals surface area contributed by atoms with Gasteiger partial charge in [0.25, 0.3) is 0 Å². The minimum atomic E-state index is 0.539. The van der Waals surface area contributed by atoms with Gasteiger partial charge in [-0.1, -0.05) is 0 Å². The van der Waals surface area contributed by atoms with Crippen LogP contribution in [0.3, 0.4) is 0 Å². The molecule has 0 saturated heterocycles. The van der Waals surface area contributed by atoms with Crippen molar-refractivity contribution in [3.8, 4) is 11.3 Å². The Morgan fingerprint density at radius 1 is 1.36 bits per heavy atom. The summed E-state index contributed by atoms with van der Waals surface area (Å²) in [6, 6.07) is 1.69. The van der Waals surface area contributed by atoms with E-state index < -0.39 is 0 Å². The van der Waals surface area contributed by atoms with Crippen LogP contribution in [0.15, 0.2) is 23.1 Å². The van der Waals surface area contributed by atoms with Crippen LogP contribution in [0.1, 0.15) is 0 Å². The van der Waals surface area contributed by atoms with Crippen LogP contribution >= 0.6 is 0 Å². The highest BCUT2D eigenvalue weighted by atomic mass is 16.3. The van der Waals surface area contributed by atoms with Crippen LogP contribution in [0.25, 0.3) is 11.3 Å². The van der Waals surface area contributed by atoms with Gasteiger partial charge in [-0.25, -0.2) is 4.98 Å². The van der Waals surface area contributed by atoms with Crippen molar-refractivity contribution < 1.29 is 4.42 Å². The quantitative estimate of drug-likeness (QED) is 0.584. The summed E-state index contributed by atoms with van der Waals surface area (Å²) >= 11 is 0. The lowest BCUT2D eigenvalue weighted by molar-refractivity contribution is 0.544. The molecule has 0 aromatic rings. The molecule has 0 radical (unpaired) electrons. The molecular formula is C7H7N3O. The number of nitrogen functional groups attached to an aromatic ring is 2. The van der Waals surface area contributed by atoms with Gasteiger partial charge in [0.2, 0.25) is 0 Å². The van der Waals surface area contributed by atoms with Crippen molar-refractivity contribution in [3.63, 3.8) is 0 Å². The first-order valence-electron chi connectivity index (χ1n) is 3.15. The van der Waals surface area contributed by atoms with Crippen molar-refractivity contribution >= 4 is 11.4 Å². The number of anilines is 2. The second-order valence-corrected chi connectivity index (χ2v) is 2.29. The average Bonchev–Trinajstić information content (AvgIpc) is 2.30. The summed E-state index contributed by atoms with van der Waals surface area (Å²) in [4.78, 5) is 3.78. The summed E-state index contributed by atoms with van der Waals surface area (Å²) in [7, 11) is 0. The Morgan fingerprint density at radius 3 is 2.91 bits per heavy atom. The molecule has 4 heteroatoms. The normalized spacial score (nSPS) is 10.5. The zero-order chi connectivity index (χ0) is 7.84. The van der Waals surface area contributed by atoms with E-state index in [4.69, 9.17) is 15.9 Å². The smallest absolute Gasteiger partial charge is 0.181 e. The molecule has 4 nitrogen and oxygen atoms in total. The molecule has 56 valence electrons. The Kier molecular flexibility index (Phi) is 1.03. The van der Waals surface area contributed by atoms with E-state index in [-0.39, 0.29) is 0 Å². The molecule has 4 N–H and O–H groups in total. The first kappa shape index (κ1) is 6.03. The minimum absolute atomic E-state index is 0.539. The molecule has 0 unspecified atom stereocenters. The first-order valence-corrected chi connectivity index (χ1v) is 3.15. The Morgan fingerprint density at radius 2 is 2.18 bits per heavy atom. The summed E-state index contributed by atoms with van der Waals surface area (Å²) in [6.07, 6.45) is 2.98. The second-order valence-electron chi connectivity index (χ2n) is 2.29. The predicted molar refractivity (Wildman–Crippen MR) is 41.9 cm³/mol. The van der Waals surface area contributed by atoms with Crippen LogP contribution in [0.5, 0.6) is 0 Å². The Labute approximate surface area is 63.2 Å². The highest BCUT2D eigenvalue weighted by Crippen LogP contribution is 2.34. The largest absolute Gasteiger partial charge is 0.445 e. The third kappa shape index (κ3) is 0.724. The summed E-state index contributed by atoms with van der Waals surface area (Å²) < 4.78 is 5.04. The molecule has 0 aromatic carbocycles. The predicted octanol–water partition coefficient (Wildman–Crippen LogP) is 0.944. The third-order valence-corrected chi connectivity index (χ3v) is 1.60. The van der Waals surface area contributed by atoms with Gasteiger partial charge >= 0.3 is 0 Å². The fraction of sp³-hybridized carbons (Fsp3) is 0. The summed E-state index contributed by atoms with van der Waals surface area (Å²) in [5.41, 5.74) is 13.0. The Bertz CT molecular complexity index is 351. The number of hydrogen-bond donors (Lipinski definition) is 2. The van der Waals surface area contributed by atoms with Gasteiger partial charge in [0, 0.05) is 12.3 Å². The van der Waals surface area contributed by atoms with E-state index in [1.54, 1.807) is 12.3 Å². The molecule has 1 aliphatic heterocycles. The standard InChI is InChI=1S/C7H7N3O/c8-5-1-6-4(7(5)9)2-10-3-11-6/h1-3H,8-9H2. The van der Waals surface area contributed by atoms with E-state index in [0.29, 0.717) is 17.1 Å². The van der Waals surface area contributed by atoms with E-state index in [1.165, 1.54) is 6.39 Å². The number of fused-ring (bicyclic) bond motifs is 1. The summed E-state index contributed by atoms with van der Waals surface area (Å²) in [5.74, 6) is 0.676. The lowest BCUT2D eigenvalue weighted by Crippen LogP contribution is -1.89. The topological polar surface area (TPSA) is 78.1 Å². The average molecular weight is 149 g/mol. The molecule has 0 bridgehead atoms. The molecule has 0 spiro atoms. The van der Waals surface area contributed by atoms with Crippen molar-refractivity contribution in [3.05, 3.63) is 18.7 Å². The van der Waals surface area contributed by atoms with Crippen LogP contribution in [0.2, 0.25) is 0 Å². The third-order valence-electron chi connectivity index (χ3n) is 1.60. The van der Waals surface area contributed by atoms with Crippen molar-refractivity contribution in [2.24, 2.45) is 0 Å². The van der Waals surface area contributed by atoms with Crippen molar-refractivity contribution in [1.82, 2.24) is 4.98 Å². The van der Waals surface area contributed by atoms with E-state index in [9.17, 15) is 0 Å². The van der Waals surface area contributed by atoms with Gasteiger partial charge in [0.05, 0.1) is 16.9 Å². The van der Waals surface area contributed by atoms with Crippen LogP contribution in [0.4, 0.5) is 11.4 Å². The van der Waals surface area contributed by atoms with Gasteiger partial charge in [-0.2, -0.15) is 0 Å². The van der Waals surface area contributed by atoms with Gasteiger partial charge in [-0.3, -0.25) is 0 Å². The van der Waals surface area contributed by atoms with E-state index in [2.05, 4.69) is 4.98 Å². The number of rotatable bonds is 0. The van der Waals surface area contributed by atoms with Crippen LogP contribution in [0, 0.1) is 0 Å². The lowest BCUT2D eigenvalue weighted by Gasteiger charge is -1.95. The zero-order valence-corrected chi connectivity index (χ0v) is 5.74. The fourth-order valence-corrected chi connectivity index (χ4v) is 1.01. The number of aromatic nitrogens is 1. The Balaban J connectivity index is 2.81. The first-order chi connectivity index (χ1) is 5.29. The molecular weight excluding hydrogens is 142 g/mol. The second kappa shape index (κ2) is 1.88. The number of nitrogens with two attached hydrogens (primary N) is 2. The van der Waals surface area contributed by atoms with Crippen molar-refractivity contribution in [1.29, 1.82) is 0 Å². The number of nitrogens with zero attached hydrogens (tertiary/aromatic N) is 1. The molecule has 0 atom stereocenters. The molecule has 1 heterocycles. The molecule has 0 fully saturated rings. The van der Waals surface area contributed by atoms with Gasteiger partial charge in [-0.05, 0) is 0 Å². The van der Waals surface area contributed by atoms with Gasteiger partial charge in [0.15, 0.2) is 6.39 Å². The SMILES string of the molecule is Nc1cc2ocncc-2c1N. The highest BCUT2D eigenvalue weighted by molar-refractivity contribution is 5.87. The molecule has 2 aliphatic rings. The van der Waals surface area contributed by atoms with Crippen LogP contribution in [-0.4, -0.2) is 4.98 Å². The Hall–Kier alpha value is -1.71. The monoisotopic (exact) mass is 149 g/mol. The van der Waals surface area contributed by atoms with Gasteiger partial charge in [0.1, 0.15) is 5.76 Å². The molecule has 1 aliphatic carbocycles. The fourth-order valence-electron chi connectivity index (χ4n) is 1.01. The van der Waals surface area contributed by atoms with Crippen molar-refractivity contribution in [2.75, 3.05) is 11.5 Å². The molecule has 11 heavy (non-hydrogen) atoms. The van der Waals surface area contributed by atoms with Gasteiger partial charge < -0.3 is 15.9 Å². The van der Waals surface area contributed by atoms with Crippen LogP contribution < -0.4 is 11.5 Å². The molecule has 0 amide bonds. The molecule has 0 saturated carbocycles. The van der Waals surface area contributed by atoms with Gasteiger partial charge in [-0.15, -0.1) is 0 Å².